The first-order chi connectivity index (χ1) is 5.42. The molecule has 0 spiro atoms. The molecule has 2 heterocycles. The van der Waals surface area contributed by atoms with Crippen molar-refractivity contribution in [1.82, 2.24) is 9.38 Å². The molecular weight excluding hydrogens is 204 g/mol. The lowest BCUT2D eigenvalue weighted by Gasteiger charge is -1.94. The van der Waals surface area contributed by atoms with Crippen molar-refractivity contribution < 1.29 is 0 Å². The van der Waals surface area contributed by atoms with Crippen molar-refractivity contribution in [3.63, 3.8) is 0 Å². The van der Waals surface area contributed by atoms with E-state index in [-0.39, 0.29) is 0 Å². The van der Waals surface area contributed by atoms with Gasteiger partial charge in [0.25, 0.3) is 0 Å². The maximum absolute atomic E-state index is 4.23. The summed E-state index contributed by atoms with van der Waals surface area (Å²) in [6, 6.07) is 6.05. The summed E-state index contributed by atoms with van der Waals surface area (Å²) in [7, 11) is 0. The van der Waals surface area contributed by atoms with Gasteiger partial charge >= 0.3 is 0 Å². The molecule has 2 aromatic heterocycles. The highest BCUT2D eigenvalue weighted by Gasteiger charge is 1.98. The van der Waals surface area contributed by atoms with Gasteiger partial charge in [-0.05, 0) is 12.1 Å². The highest BCUT2D eigenvalue weighted by Crippen LogP contribution is 2.08. The molecule has 0 saturated heterocycles. The Morgan fingerprint density at radius 3 is 3.18 bits per heavy atom. The maximum atomic E-state index is 4.23. The molecule has 2 nitrogen and oxygen atoms in total. The number of pyridine rings is 1. The van der Waals surface area contributed by atoms with Crippen molar-refractivity contribution in [2.45, 2.75) is 5.33 Å². The SMILES string of the molecule is BrCc1ncc2ccccn12. The van der Waals surface area contributed by atoms with Gasteiger partial charge in [0.15, 0.2) is 0 Å². The van der Waals surface area contributed by atoms with Gasteiger partial charge in [0.1, 0.15) is 5.82 Å². The molecule has 2 rings (SSSR count). The minimum absolute atomic E-state index is 0.797. The summed E-state index contributed by atoms with van der Waals surface area (Å²) in [5.41, 5.74) is 1.14. The Morgan fingerprint density at radius 2 is 2.36 bits per heavy atom. The Kier molecular flexibility index (Phi) is 1.66. The molecular formula is C8H7BrN2. The van der Waals surface area contributed by atoms with Crippen LogP contribution >= 0.6 is 15.9 Å². The van der Waals surface area contributed by atoms with E-state index in [2.05, 4.69) is 25.3 Å². The molecule has 0 bridgehead atoms. The fourth-order valence-electron chi connectivity index (χ4n) is 1.10. The number of hydrogen-bond donors (Lipinski definition) is 0. The number of fused-ring (bicyclic) bond motifs is 1. The van der Waals surface area contributed by atoms with E-state index in [1.54, 1.807) is 0 Å². The summed E-state index contributed by atoms with van der Waals surface area (Å²) in [4.78, 5) is 4.23. The average molecular weight is 211 g/mol. The van der Waals surface area contributed by atoms with Crippen molar-refractivity contribution >= 4 is 21.4 Å². The Balaban J connectivity index is 2.76. The highest BCUT2D eigenvalue weighted by atomic mass is 79.9. The quantitative estimate of drug-likeness (QED) is 0.661. The van der Waals surface area contributed by atoms with Gasteiger partial charge in [-0.1, -0.05) is 22.0 Å². The molecule has 0 unspecified atom stereocenters. The third kappa shape index (κ3) is 1.05. The van der Waals surface area contributed by atoms with E-state index in [1.807, 2.05) is 30.6 Å². The van der Waals surface area contributed by atoms with Gasteiger partial charge in [-0.3, -0.25) is 0 Å². The van der Waals surface area contributed by atoms with Crippen molar-refractivity contribution in [3.8, 4) is 0 Å². The molecule has 0 N–H and O–H groups in total. The van der Waals surface area contributed by atoms with Gasteiger partial charge in [0.05, 0.1) is 17.0 Å². The lowest BCUT2D eigenvalue weighted by molar-refractivity contribution is 1.03. The summed E-state index contributed by atoms with van der Waals surface area (Å²) in [6.07, 6.45) is 3.88. The molecule has 2 aromatic rings. The Morgan fingerprint density at radius 1 is 1.45 bits per heavy atom. The molecule has 0 aliphatic heterocycles. The molecule has 56 valence electrons. The van der Waals surface area contributed by atoms with Gasteiger partial charge in [-0.25, -0.2) is 4.98 Å². The van der Waals surface area contributed by atoms with Crippen LogP contribution in [0.5, 0.6) is 0 Å². The molecule has 0 radical (unpaired) electrons. The molecule has 0 aliphatic carbocycles. The van der Waals surface area contributed by atoms with Crippen molar-refractivity contribution in [1.29, 1.82) is 0 Å². The fraction of sp³-hybridized carbons (Fsp3) is 0.125. The van der Waals surface area contributed by atoms with Crippen LogP contribution in [0, 0.1) is 0 Å². The number of aromatic nitrogens is 2. The topological polar surface area (TPSA) is 17.3 Å². The van der Waals surface area contributed by atoms with Crippen LogP contribution in [0.15, 0.2) is 30.6 Å². The number of nitrogens with zero attached hydrogens (tertiary/aromatic N) is 2. The summed E-state index contributed by atoms with van der Waals surface area (Å²) < 4.78 is 2.06. The average Bonchev–Trinajstić information content (AvgIpc) is 2.47. The van der Waals surface area contributed by atoms with Crippen LogP contribution < -0.4 is 0 Å². The molecule has 3 heteroatoms. The zero-order chi connectivity index (χ0) is 7.68. The summed E-state index contributed by atoms with van der Waals surface area (Å²) in [6.45, 7) is 0. The van der Waals surface area contributed by atoms with E-state index >= 15 is 0 Å². The largest absolute Gasteiger partial charge is 0.303 e. The second kappa shape index (κ2) is 2.66. The molecule has 0 aromatic carbocycles. The standard InChI is InChI=1S/C8H7BrN2/c9-5-8-10-6-7-3-1-2-4-11(7)8/h1-4,6H,5H2. The fourth-order valence-corrected chi connectivity index (χ4v) is 1.51. The summed E-state index contributed by atoms with van der Waals surface area (Å²) in [5, 5.41) is 0.797. The van der Waals surface area contributed by atoms with Crippen LogP contribution in [0.4, 0.5) is 0 Å². The predicted molar refractivity (Wildman–Crippen MR) is 47.8 cm³/mol. The third-order valence-corrected chi connectivity index (χ3v) is 2.14. The zero-order valence-electron chi connectivity index (χ0n) is 5.87. The number of rotatable bonds is 1. The molecule has 0 atom stereocenters. The number of imidazole rings is 1. The minimum Gasteiger partial charge on any atom is -0.303 e. The summed E-state index contributed by atoms with van der Waals surface area (Å²) in [5.74, 6) is 1.04. The van der Waals surface area contributed by atoms with Gasteiger partial charge in [0.2, 0.25) is 0 Å². The zero-order valence-corrected chi connectivity index (χ0v) is 7.45. The first-order valence-electron chi connectivity index (χ1n) is 3.39. The van der Waals surface area contributed by atoms with E-state index in [0.717, 1.165) is 16.7 Å². The van der Waals surface area contributed by atoms with Crippen LogP contribution in [0.3, 0.4) is 0 Å². The van der Waals surface area contributed by atoms with Crippen LogP contribution in [0.2, 0.25) is 0 Å². The smallest absolute Gasteiger partial charge is 0.123 e. The molecule has 11 heavy (non-hydrogen) atoms. The van der Waals surface area contributed by atoms with Gasteiger partial charge < -0.3 is 4.40 Å². The molecule has 0 aliphatic rings. The normalized spacial score (nSPS) is 10.6. The Hall–Kier alpha value is -0.830. The van der Waals surface area contributed by atoms with E-state index in [4.69, 9.17) is 0 Å². The first-order valence-corrected chi connectivity index (χ1v) is 4.51. The Labute approximate surface area is 73.0 Å². The Bertz CT molecular complexity index is 367. The number of hydrogen-bond acceptors (Lipinski definition) is 1. The lowest BCUT2D eigenvalue weighted by atomic mass is 10.4. The number of alkyl halides is 1. The van der Waals surface area contributed by atoms with Crippen molar-refractivity contribution in [2.24, 2.45) is 0 Å². The maximum Gasteiger partial charge on any atom is 0.123 e. The summed E-state index contributed by atoms with van der Waals surface area (Å²) >= 11 is 3.37. The minimum atomic E-state index is 0.797. The third-order valence-electron chi connectivity index (χ3n) is 1.63. The van der Waals surface area contributed by atoms with Crippen LogP contribution in [-0.2, 0) is 5.33 Å². The second-order valence-electron chi connectivity index (χ2n) is 2.30. The predicted octanol–water partition coefficient (Wildman–Crippen LogP) is 2.23. The number of halogens is 1. The molecule has 0 saturated carbocycles. The lowest BCUT2D eigenvalue weighted by Crippen LogP contribution is -1.88. The van der Waals surface area contributed by atoms with Crippen LogP contribution in [0.1, 0.15) is 5.82 Å². The van der Waals surface area contributed by atoms with Gasteiger partial charge in [-0.2, -0.15) is 0 Å². The monoisotopic (exact) mass is 210 g/mol. The van der Waals surface area contributed by atoms with Crippen LogP contribution in [0.25, 0.3) is 5.52 Å². The van der Waals surface area contributed by atoms with Crippen molar-refractivity contribution in [2.75, 3.05) is 0 Å². The molecule has 0 fully saturated rings. The van der Waals surface area contributed by atoms with Gasteiger partial charge in [0, 0.05) is 6.20 Å². The van der Waals surface area contributed by atoms with Crippen molar-refractivity contribution in [3.05, 3.63) is 36.4 Å². The molecule has 0 amide bonds. The van der Waals surface area contributed by atoms with E-state index < -0.39 is 0 Å². The van der Waals surface area contributed by atoms with Crippen LogP contribution in [-0.4, -0.2) is 9.38 Å². The second-order valence-corrected chi connectivity index (χ2v) is 2.86. The van der Waals surface area contributed by atoms with E-state index in [0.29, 0.717) is 0 Å². The van der Waals surface area contributed by atoms with E-state index in [9.17, 15) is 0 Å². The van der Waals surface area contributed by atoms with E-state index in [1.165, 1.54) is 0 Å². The highest BCUT2D eigenvalue weighted by molar-refractivity contribution is 9.08. The van der Waals surface area contributed by atoms with Gasteiger partial charge in [-0.15, -0.1) is 0 Å². The first kappa shape index (κ1) is 6.85.